The van der Waals surface area contributed by atoms with Gasteiger partial charge in [-0.25, -0.2) is 8.78 Å². The third kappa shape index (κ3) is 2.37. The van der Waals surface area contributed by atoms with Gasteiger partial charge in [-0.3, -0.25) is 0 Å². The van der Waals surface area contributed by atoms with Crippen molar-refractivity contribution in [1.29, 1.82) is 0 Å². The normalized spacial score (nSPS) is 15.2. The predicted octanol–water partition coefficient (Wildman–Crippen LogP) is 3.81. The zero-order valence-electron chi connectivity index (χ0n) is 10.5. The van der Waals surface area contributed by atoms with Crippen molar-refractivity contribution in [2.75, 3.05) is 0 Å². The lowest BCUT2D eigenvalue weighted by Gasteiger charge is -2.15. The van der Waals surface area contributed by atoms with E-state index in [0.29, 0.717) is 23.2 Å². The van der Waals surface area contributed by atoms with Crippen molar-refractivity contribution < 1.29 is 13.5 Å². The van der Waals surface area contributed by atoms with E-state index in [0.717, 1.165) is 11.1 Å². The molecule has 0 saturated heterocycles. The van der Waals surface area contributed by atoms with E-state index < -0.39 is 17.7 Å². The minimum atomic E-state index is -0.839. The smallest absolute Gasteiger partial charge is 0.132 e. The van der Waals surface area contributed by atoms with Crippen molar-refractivity contribution in [3.05, 3.63) is 68.7 Å². The highest BCUT2D eigenvalue weighted by atomic mass is 79.9. The summed E-state index contributed by atoms with van der Waals surface area (Å²) in [5.74, 6) is -1.30. The van der Waals surface area contributed by atoms with Crippen LogP contribution in [0.5, 0.6) is 0 Å². The van der Waals surface area contributed by atoms with Gasteiger partial charge in [0.2, 0.25) is 0 Å². The van der Waals surface area contributed by atoms with E-state index in [1.165, 1.54) is 12.1 Å². The number of rotatable bonds is 2. The molecular formula is C15H12BrF2NO. The Labute approximate surface area is 123 Å². The predicted molar refractivity (Wildman–Crippen MR) is 75.0 cm³/mol. The topological polar surface area (TPSA) is 35.2 Å². The molecule has 0 aromatic heterocycles. The van der Waals surface area contributed by atoms with Gasteiger partial charge in [-0.05, 0) is 28.8 Å². The number of ether oxygens (including phenoxy) is 1. The van der Waals surface area contributed by atoms with E-state index in [4.69, 9.17) is 10.5 Å². The van der Waals surface area contributed by atoms with Gasteiger partial charge in [0, 0.05) is 10.0 Å². The molecule has 104 valence electrons. The Bertz CT molecular complexity index is 652. The van der Waals surface area contributed by atoms with Gasteiger partial charge in [0.25, 0.3) is 0 Å². The van der Waals surface area contributed by atoms with E-state index in [-0.39, 0.29) is 5.56 Å². The monoisotopic (exact) mass is 339 g/mol. The molecule has 1 aliphatic heterocycles. The van der Waals surface area contributed by atoms with E-state index in [1.807, 2.05) is 12.1 Å². The van der Waals surface area contributed by atoms with Crippen molar-refractivity contribution >= 4 is 15.9 Å². The Morgan fingerprint density at radius 3 is 2.40 bits per heavy atom. The number of halogens is 3. The fourth-order valence-corrected chi connectivity index (χ4v) is 2.80. The van der Waals surface area contributed by atoms with Crippen LogP contribution in [0.2, 0.25) is 0 Å². The Hall–Kier alpha value is -1.30. The maximum Gasteiger partial charge on any atom is 0.132 e. The fourth-order valence-electron chi connectivity index (χ4n) is 2.40. The Morgan fingerprint density at radius 2 is 1.70 bits per heavy atom. The molecule has 3 rings (SSSR count). The Balaban J connectivity index is 2.03. The van der Waals surface area contributed by atoms with Crippen molar-refractivity contribution in [2.45, 2.75) is 19.3 Å². The molecule has 2 nitrogen and oxygen atoms in total. The molecule has 0 aliphatic carbocycles. The lowest BCUT2D eigenvalue weighted by molar-refractivity contribution is 0.134. The molecule has 2 aromatic rings. The minimum absolute atomic E-state index is 0.118. The van der Waals surface area contributed by atoms with Crippen LogP contribution < -0.4 is 5.73 Å². The third-order valence-electron chi connectivity index (χ3n) is 3.46. The average molecular weight is 340 g/mol. The summed E-state index contributed by atoms with van der Waals surface area (Å²) in [5.41, 5.74) is 8.70. The quantitative estimate of drug-likeness (QED) is 0.902. The molecule has 2 N–H and O–H groups in total. The first-order chi connectivity index (χ1) is 9.56. The SMILES string of the molecule is NC(c1ccc2c(c1)COC2)c1c(F)cc(Br)cc1F. The number of nitrogens with two attached hydrogens (primary N) is 1. The first kappa shape index (κ1) is 13.7. The van der Waals surface area contributed by atoms with E-state index in [1.54, 1.807) is 6.07 Å². The van der Waals surface area contributed by atoms with E-state index in [2.05, 4.69) is 15.9 Å². The van der Waals surface area contributed by atoms with Gasteiger partial charge in [-0.2, -0.15) is 0 Å². The number of fused-ring (bicyclic) bond motifs is 1. The Morgan fingerprint density at radius 1 is 1.05 bits per heavy atom. The van der Waals surface area contributed by atoms with Crippen LogP contribution >= 0.6 is 15.9 Å². The van der Waals surface area contributed by atoms with Crippen LogP contribution in [0.25, 0.3) is 0 Å². The average Bonchev–Trinajstić information content (AvgIpc) is 2.84. The molecule has 0 radical (unpaired) electrons. The second kappa shape index (κ2) is 5.24. The molecule has 1 atom stereocenters. The van der Waals surface area contributed by atoms with Gasteiger partial charge in [-0.1, -0.05) is 34.1 Å². The number of hydrogen-bond donors (Lipinski definition) is 1. The Kier molecular flexibility index (Phi) is 3.58. The van der Waals surface area contributed by atoms with Crippen molar-refractivity contribution in [2.24, 2.45) is 5.73 Å². The maximum atomic E-state index is 13.9. The van der Waals surface area contributed by atoms with Crippen molar-refractivity contribution in [3.63, 3.8) is 0 Å². The molecular weight excluding hydrogens is 328 g/mol. The summed E-state index contributed by atoms with van der Waals surface area (Å²) in [4.78, 5) is 0. The molecule has 0 spiro atoms. The zero-order chi connectivity index (χ0) is 14.3. The highest BCUT2D eigenvalue weighted by molar-refractivity contribution is 9.10. The summed E-state index contributed by atoms with van der Waals surface area (Å²) < 4.78 is 33.6. The molecule has 1 heterocycles. The summed E-state index contributed by atoms with van der Waals surface area (Å²) in [6, 6.07) is 7.14. The maximum absolute atomic E-state index is 13.9. The highest BCUT2D eigenvalue weighted by Gasteiger charge is 2.21. The molecule has 1 aliphatic rings. The van der Waals surface area contributed by atoms with Crippen LogP contribution in [-0.4, -0.2) is 0 Å². The van der Waals surface area contributed by atoms with Crippen molar-refractivity contribution in [1.82, 2.24) is 0 Å². The van der Waals surface area contributed by atoms with Gasteiger partial charge in [-0.15, -0.1) is 0 Å². The van der Waals surface area contributed by atoms with Crippen LogP contribution in [0.4, 0.5) is 8.78 Å². The zero-order valence-corrected chi connectivity index (χ0v) is 12.1. The van der Waals surface area contributed by atoms with Gasteiger partial charge < -0.3 is 10.5 Å². The van der Waals surface area contributed by atoms with Gasteiger partial charge >= 0.3 is 0 Å². The fraction of sp³-hybridized carbons (Fsp3) is 0.200. The summed E-state index contributed by atoms with van der Waals surface area (Å²) in [6.45, 7) is 1.09. The van der Waals surface area contributed by atoms with Gasteiger partial charge in [0.05, 0.1) is 19.3 Å². The molecule has 1 unspecified atom stereocenters. The largest absolute Gasteiger partial charge is 0.372 e. The summed E-state index contributed by atoms with van der Waals surface area (Å²) in [6.07, 6.45) is 0. The molecule has 2 aromatic carbocycles. The molecule has 0 saturated carbocycles. The number of hydrogen-bond acceptors (Lipinski definition) is 2. The summed E-state index contributed by atoms with van der Waals surface area (Å²) in [7, 11) is 0. The van der Waals surface area contributed by atoms with E-state index >= 15 is 0 Å². The van der Waals surface area contributed by atoms with Crippen LogP contribution in [-0.2, 0) is 18.0 Å². The molecule has 0 amide bonds. The van der Waals surface area contributed by atoms with Crippen LogP contribution in [0.3, 0.4) is 0 Å². The van der Waals surface area contributed by atoms with Crippen LogP contribution in [0.1, 0.15) is 28.3 Å². The van der Waals surface area contributed by atoms with Gasteiger partial charge in [0.15, 0.2) is 0 Å². The summed E-state index contributed by atoms with van der Waals surface area (Å²) >= 11 is 3.06. The first-order valence-corrected chi connectivity index (χ1v) is 6.95. The molecule has 0 bridgehead atoms. The lowest BCUT2D eigenvalue weighted by Crippen LogP contribution is -2.16. The molecule has 20 heavy (non-hydrogen) atoms. The second-order valence-electron chi connectivity index (χ2n) is 4.78. The lowest BCUT2D eigenvalue weighted by atomic mass is 9.95. The number of benzene rings is 2. The highest BCUT2D eigenvalue weighted by Crippen LogP contribution is 2.30. The van der Waals surface area contributed by atoms with Crippen LogP contribution in [0.15, 0.2) is 34.8 Å². The summed E-state index contributed by atoms with van der Waals surface area (Å²) in [5, 5.41) is 0. The minimum Gasteiger partial charge on any atom is -0.372 e. The first-order valence-electron chi connectivity index (χ1n) is 6.15. The molecule has 5 heteroatoms. The van der Waals surface area contributed by atoms with E-state index in [9.17, 15) is 8.78 Å². The van der Waals surface area contributed by atoms with Crippen molar-refractivity contribution in [3.8, 4) is 0 Å². The van der Waals surface area contributed by atoms with Gasteiger partial charge in [0.1, 0.15) is 11.6 Å². The third-order valence-corrected chi connectivity index (χ3v) is 3.92. The van der Waals surface area contributed by atoms with Crippen LogP contribution in [0, 0.1) is 11.6 Å². The molecule has 0 fully saturated rings. The standard InChI is InChI=1S/C15H12BrF2NO/c16-11-4-12(17)14(13(18)5-11)15(19)8-1-2-9-6-20-7-10(9)3-8/h1-5,15H,6-7,19H2. The second-order valence-corrected chi connectivity index (χ2v) is 5.70.